The molecule has 0 aliphatic heterocycles. The number of hydrogen-bond acceptors (Lipinski definition) is 3. The third kappa shape index (κ3) is 4.25. The van der Waals surface area contributed by atoms with Gasteiger partial charge < -0.3 is 15.3 Å². The van der Waals surface area contributed by atoms with Gasteiger partial charge in [0.2, 0.25) is 5.69 Å². The van der Waals surface area contributed by atoms with E-state index in [9.17, 15) is 10.0 Å². The van der Waals surface area contributed by atoms with E-state index in [1.165, 1.54) is 0 Å². The number of carbonyl (C=O) groups excluding carboxylic acids is 1. The number of ether oxygens (including phenoxy) is 1. The van der Waals surface area contributed by atoms with Gasteiger partial charge in [-0.25, -0.2) is 0 Å². The molecular formula is C19H24N2O3. The number of rotatable bonds is 6. The Morgan fingerprint density at radius 3 is 2.54 bits per heavy atom. The predicted octanol–water partition coefficient (Wildman–Crippen LogP) is 3.61. The molecule has 24 heavy (non-hydrogen) atoms. The topological polar surface area (TPSA) is 65.3 Å². The lowest BCUT2D eigenvalue weighted by Crippen LogP contribution is -2.37. The molecule has 0 saturated carbocycles. The van der Waals surface area contributed by atoms with Crippen LogP contribution in [0.2, 0.25) is 0 Å². The van der Waals surface area contributed by atoms with Gasteiger partial charge in [0.15, 0.2) is 5.69 Å². The molecule has 0 aliphatic carbocycles. The SMILES string of the molecule is Cc1cc(OCCC(C)C)c(C(=O)Nc2ccccc2)c(C)[n+]1[O-]. The van der Waals surface area contributed by atoms with Crippen LogP contribution in [0.25, 0.3) is 0 Å². The van der Waals surface area contributed by atoms with E-state index in [-0.39, 0.29) is 11.5 Å². The van der Waals surface area contributed by atoms with Gasteiger partial charge in [-0.3, -0.25) is 4.79 Å². The maximum atomic E-state index is 12.7. The number of benzene rings is 1. The van der Waals surface area contributed by atoms with Gasteiger partial charge >= 0.3 is 0 Å². The minimum absolute atomic E-state index is 0.281. The van der Waals surface area contributed by atoms with Crippen molar-refractivity contribution in [3.8, 4) is 5.75 Å². The van der Waals surface area contributed by atoms with Crippen molar-refractivity contribution in [1.29, 1.82) is 0 Å². The summed E-state index contributed by atoms with van der Waals surface area (Å²) in [6.45, 7) is 8.06. The maximum absolute atomic E-state index is 12.7. The van der Waals surface area contributed by atoms with Crippen LogP contribution in [0.1, 0.15) is 42.0 Å². The average molecular weight is 328 g/mol. The molecule has 5 nitrogen and oxygen atoms in total. The Balaban J connectivity index is 2.31. The average Bonchev–Trinajstić information content (AvgIpc) is 2.53. The molecule has 0 fully saturated rings. The quantitative estimate of drug-likeness (QED) is 0.651. The van der Waals surface area contributed by atoms with Crippen LogP contribution in [0.4, 0.5) is 5.69 Å². The van der Waals surface area contributed by atoms with Crippen LogP contribution in [0, 0.1) is 25.0 Å². The van der Waals surface area contributed by atoms with Gasteiger partial charge in [0.1, 0.15) is 11.3 Å². The van der Waals surface area contributed by atoms with Gasteiger partial charge in [-0.15, -0.1) is 0 Å². The standard InChI is InChI=1S/C19H24N2O3/c1-13(2)10-11-24-17-12-14(3)21(23)15(4)18(17)19(22)20-16-8-6-5-7-9-16/h5-9,12-13H,10-11H2,1-4H3,(H,20,22). The summed E-state index contributed by atoms with van der Waals surface area (Å²) in [6, 6.07) is 10.8. The van der Waals surface area contributed by atoms with Crippen LogP contribution < -0.4 is 14.8 Å². The molecule has 1 N–H and O–H groups in total. The van der Waals surface area contributed by atoms with E-state index >= 15 is 0 Å². The van der Waals surface area contributed by atoms with Gasteiger partial charge in [-0.2, -0.15) is 4.73 Å². The summed E-state index contributed by atoms with van der Waals surface area (Å²) in [5, 5.41) is 15.0. The second-order valence-corrected chi connectivity index (χ2v) is 6.26. The Morgan fingerprint density at radius 1 is 1.25 bits per heavy atom. The molecule has 0 bridgehead atoms. The Labute approximate surface area is 142 Å². The Kier molecular flexibility index (Phi) is 5.79. The Hall–Kier alpha value is -2.56. The van der Waals surface area contributed by atoms with Gasteiger partial charge in [-0.1, -0.05) is 32.0 Å². The fourth-order valence-corrected chi connectivity index (χ4v) is 2.37. The number of carbonyl (C=O) groups is 1. The molecule has 2 rings (SSSR count). The molecule has 1 aromatic heterocycles. The van der Waals surface area contributed by atoms with Crippen molar-refractivity contribution in [2.24, 2.45) is 5.92 Å². The van der Waals surface area contributed by atoms with Crippen molar-refractivity contribution >= 4 is 11.6 Å². The lowest BCUT2D eigenvalue weighted by Gasteiger charge is -2.16. The van der Waals surface area contributed by atoms with Gasteiger partial charge in [0, 0.05) is 25.6 Å². The second kappa shape index (κ2) is 7.81. The molecule has 0 radical (unpaired) electrons. The highest BCUT2D eigenvalue weighted by Crippen LogP contribution is 2.23. The van der Waals surface area contributed by atoms with Crippen molar-refractivity contribution < 1.29 is 14.3 Å². The van der Waals surface area contributed by atoms with E-state index in [1.807, 2.05) is 18.2 Å². The zero-order valence-corrected chi connectivity index (χ0v) is 14.6. The highest BCUT2D eigenvalue weighted by atomic mass is 16.5. The molecule has 1 amide bonds. The van der Waals surface area contributed by atoms with Crippen LogP contribution in [0.15, 0.2) is 36.4 Å². The highest BCUT2D eigenvalue weighted by molar-refractivity contribution is 6.06. The number of pyridine rings is 1. The molecule has 1 aromatic carbocycles. The monoisotopic (exact) mass is 328 g/mol. The highest BCUT2D eigenvalue weighted by Gasteiger charge is 2.24. The minimum Gasteiger partial charge on any atom is -0.618 e. The van der Waals surface area contributed by atoms with E-state index < -0.39 is 0 Å². The molecule has 0 atom stereocenters. The van der Waals surface area contributed by atoms with Crippen molar-refractivity contribution in [1.82, 2.24) is 0 Å². The third-order valence-electron chi connectivity index (χ3n) is 3.78. The largest absolute Gasteiger partial charge is 0.618 e. The van der Waals surface area contributed by atoms with E-state index in [0.717, 1.165) is 11.2 Å². The van der Waals surface area contributed by atoms with E-state index in [1.54, 1.807) is 32.0 Å². The molecule has 1 heterocycles. The lowest BCUT2D eigenvalue weighted by atomic mass is 10.1. The maximum Gasteiger partial charge on any atom is 0.265 e. The molecule has 0 spiro atoms. The van der Waals surface area contributed by atoms with Crippen LogP contribution in [0.3, 0.4) is 0 Å². The summed E-state index contributed by atoms with van der Waals surface area (Å²) in [6.07, 6.45) is 0.879. The summed E-state index contributed by atoms with van der Waals surface area (Å²) in [5.41, 5.74) is 1.79. The zero-order chi connectivity index (χ0) is 17.7. The Morgan fingerprint density at radius 2 is 1.92 bits per heavy atom. The van der Waals surface area contributed by atoms with Gasteiger partial charge in [-0.05, 0) is 24.5 Å². The lowest BCUT2D eigenvalue weighted by molar-refractivity contribution is -0.619. The number of hydrogen-bond donors (Lipinski definition) is 1. The van der Waals surface area contributed by atoms with E-state index in [2.05, 4.69) is 19.2 Å². The number of para-hydroxylation sites is 1. The van der Waals surface area contributed by atoms with Crippen LogP contribution in [-0.2, 0) is 0 Å². The van der Waals surface area contributed by atoms with Crippen LogP contribution >= 0.6 is 0 Å². The van der Waals surface area contributed by atoms with E-state index in [0.29, 0.717) is 35.3 Å². The van der Waals surface area contributed by atoms with Gasteiger partial charge in [0.25, 0.3) is 5.91 Å². The molecule has 0 saturated heterocycles. The fourth-order valence-electron chi connectivity index (χ4n) is 2.37. The predicted molar refractivity (Wildman–Crippen MR) is 94.2 cm³/mol. The summed E-state index contributed by atoms with van der Waals surface area (Å²) < 4.78 is 6.57. The summed E-state index contributed by atoms with van der Waals surface area (Å²) >= 11 is 0. The first-order chi connectivity index (χ1) is 11.4. The molecule has 128 valence electrons. The first-order valence-electron chi connectivity index (χ1n) is 8.13. The minimum atomic E-state index is -0.345. The summed E-state index contributed by atoms with van der Waals surface area (Å²) in [5.74, 6) is 0.607. The molecular weight excluding hydrogens is 304 g/mol. The van der Waals surface area contributed by atoms with Crippen molar-refractivity contribution in [2.45, 2.75) is 34.1 Å². The molecule has 5 heteroatoms. The van der Waals surface area contributed by atoms with E-state index in [4.69, 9.17) is 4.74 Å². The van der Waals surface area contributed by atoms with Gasteiger partial charge in [0.05, 0.1) is 6.61 Å². The van der Waals surface area contributed by atoms with Crippen molar-refractivity contribution in [3.05, 3.63) is 58.6 Å². The molecule has 0 unspecified atom stereocenters. The first kappa shape index (κ1) is 17.8. The van der Waals surface area contributed by atoms with Crippen molar-refractivity contribution in [2.75, 3.05) is 11.9 Å². The third-order valence-corrected chi connectivity index (χ3v) is 3.78. The van der Waals surface area contributed by atoms with Crippen LogP contribution in [-0.4, -0.2) is 12.5 Å². The molecule has 0 aliphatic rings. The number of amides is 1. The number of nitrogens with zero attached hydrogens (tertiary/aromatic N) is 1. The number of anilines is 1. The number of aryl methyl sites for hydroxylation is 1. The fraction of sp³-hybridized carbons (Fsp3) is 0.368. The first-order valence-corrected chi connectivity index (χ1v) is 8.13. The summed E-state index contributed by atoms with van der Waals surface area (Å²) in [4.78, 5) is 12.7. The van der Waals surface area contributed by atoms with Crippen molar-refractivity contribution in [3.63, 3.8) is 0 Å². The number of nitrogens with one attached hydrogen (secondary N) is 1. The normalized spacial score (nSPS) is 10.7. The van der Waals surface area contributed by atoms with Crippen LogP contribution in [0.5, 0.6) is 5.75 Å². The molecule has 2 aromatic rings. The number of aromatic nitrogens is 1. The summed E-state index contributed by atoms with van der Waals surface area (Å²) in [7, 11) is 0. The Bertz CT molecular complexity index is 712. The zero-order valence-electron chi connectivity index (χ0n) is 14.6. The second-order valence-electron chi connectivity index (χ2n) is 6.26. The smallest absolute Gasteiger partial charge is 0.265 e.